The summed E-state index contributed by atoms with van der Waals surface area (Å²) in [6, 6.07) is 2.55. The van der Waals surface area contributed by atoms with Gasteiger partial charge in [-0.3, -0.25) is 4.98 Å². The van der Waals surface area contributed by atoms with Gasteiger partial charge in [-0.25, -0.2) is 13.8 Å². The fraction of sp³-hybridized carbons (Fsp3) is 0.125. The molecule has 0 saturated carbocycles. The first kappa shape index (κ1) is 14.8. The molecule has 0 aromatic carbocycles. The maximum atomic E-state index is 13.3. The van der Waals surface area contributed by atoms with Gasteiger partial charge in [0.2, 0.25) is 0 Å². The maximum Gasteiger partial charge on any atom is 0.148 e. The highest BCUT2D eigenvalue weighted by atomic mass is 19.1. The molecule has 0 atom stereocenters. The summed E-state index contributed by atoms with van der Waals surface area (Å²) >= 11 is 0. The summed E-state index contributed by atoms with van der Waals surface area (Å²) in [6.07, 6.45) is 7.10. The van der Waals surface area contributed by atoms with Crippen molar-refractivity contribution in [2.24, 2.45) is 0 Å². The van der Waals surface area contributed by atoms with E-state index in [4.69, 9.17) is 4.74 Å². The zero-order valence-electron chi connectivity index (χ0n) is 11.5. The van der Waals surface area contributed by atoms with E-state index in [1.54, 1.807) is 12.2 Å². The zero-order chi connectivity index (χ0) is 15.2. The average molecular weight is 288 g/mol. The van der Waals surface area contributed by atoms with Crippen LogP contribution in [0.25, 0.3) is 5.57 Å². The Balaban J connectivity index is 2.26. The van der Waals surface area contributed by atoms with Crippen LogP contribution in [0.2, 0.25) is 0 Å². The SMILES string of the molecule is C=C/C(=C/C)c1ncc(F)cc1OCc1cncc(F)c1. The number of rotatable bonds is 5. The lowest BCUT2D eigenvalue weighted by atomic mass is 10.1. The Morgan fingerprint density at radius 1 is 1.24 bits per heavy atom. The molecule has 21 heavy (non-hydrogen) atoms. The van der Waals surface area contributed by atoms with Gasteiger partial charge in [-0.15, -0.1) is 0 Å². The molecule has 2 heterocycles. The third-order valence-electron chi connectivity index (χ3n) is 2.78. The average Bonchev–Trinajstić information content (AvgIpc) is 2.48. The largest absolute Gasteiger partial charge is 0.486 e. The molecule has 0 bridgehead atoms. The first-order chi connectivity index (χ1) is 10.1. The Morgan fingerprint density at radius 2 is 2.00 bits per heavy atom. The molecule has 0 aliphatic carbocycles. The minimum Gasteiger partial charge on any atom is -0.486 e. The topological polar surface area (TPSA) is 35.0 Å². The quantitative estimate of drug-likeness (QED) is 0.782. The van der Waals surface area contributed by atoms with Crippen molar-refractivity contribution in [3.05, 3.63) is 72.3 Å². The third kappa shape index (κ3) is 3.72. The van der Waals surface area contributed by atoms with Crippen molar-refractivity contribution in [1.29, 1.82) is 0 Å². The van der Waals surface area contributed by atoms with Gasteiger partial charge in [0, 0.05) is 17.8 Å². The number of aromatic nitrogens is 2. The molecule has 0 aliphatic heterocycles. The fourth-order valence-corrected chi connectivity index (χ4v) is 1.79. The maximum absolute atomic E-state index is 13.3. The fourth-order valence-electron chi connectivity index (χ4n) is 1.79. The second-order valence-electron chi connectivity index (χ2n) is 4.25. The molecule has 0 unspecified atom stereocenters. The highest BCUT2D eigenvalue weighted by Crippen LogP contribution is 2.26. The smallest absolute Gasteiger partial charge is 0.148 e. The number of allylic oxidation sites excluding steroid dienone is 3. The molecule has 2 rings (SSSR count). The van der Waals surface area contributed by atoms with Crippen molar-refractivity contribution in [2.45, 2.75) is 13.5 Å². The van der Waals surface area contributed by atoms with E-state index >= 15 is 0 Å². The van der Waals surface area contributed by atoms with Crippen LogP contribution in [0.5, 0.6) is 5.75 Å². The van der Waals surface area contributed by atoms with Crippen LogP contribution >= 0.6 is 0 Å². The van der Waals surface area contributed by atoms with Crippen molar-refractivity contribution >= 4 is 5.57 Å². The van der Waals surface area contributed by atoms with E-state index < -0.39 is 11.6 Å². The molecule has 2 aromatic heterocycles. The summed E-state index contributed by atoms with van der Waals surface area (Å²) in [6.45, 7) is 5.57. The Morgan fingerprint density at radius 3 is 2.67 bits per heavy atom. The highest BCUT2D eigenvalue weighted by Gasteiger charge is 2.10. The highest BCUT2D eigenvalue weighted by molar-refractivity contribution is 5.74. The van der Waals surface area contributed by atoms with Crippen molar-refractivity contribution in [2.75, 3.05) is 0 Å². The molecule has 0 fully saturated rings. The van der Waals surface area contributed by atoms with Gasteiger partial charge in [0.05, 0.1) is 12.4 Å². The van der Waals surface area contributed by atoms with Crippen molar-refractivity contribution < 1.29 is 13.5 Å². The first-order valence-corrected chi connectivity index (χ1v) is 6.31. The molecule has 0 spiro atoms. The molecule has 3 nitrogen and oxygen atoms in total. The van der Waals surface area contributed by atoms with E-state index in [1.165, 1.54) is 18.3 Å². The van der Waals surface area contributed by atoms with Crippen LogP contribution < -0.4 is 4.74 Å². The van der Waals surface area contributed by atoms with Crippen LogP contribution in [0.3, 0.4) is 0 Å². The molecular weight excluding hydrogens is 274 g/mol. The van der Waals surface area contributed by atoms with Crippen molar-refractivity contribution in [3.63, 3.8) is 0 Å². The van der Waals surface area contributed by atoms with Crippen molar-refractivity contribution in [1.82, 2.24) is 9.97 Å². The molecular formula is C16H14F2N2O. The minimum atomic E-state index is -0.509. The van der Waals surface area contributed by atoms with E-state index in [2.05, 4.69) is 16.5 Å². The van der Waals surface area contributed by atoms with Gasteiger partial charge in [0.25, 0.3) is 0 Å². The molecule has 5 heteroatoms. The van der Waals surface area contributed by atoms with Gasteiger partial charge >= 0.3 is 0 Å². The van der Waals surface area contributed by atoms with Crippen LogP contribution in [0.15, 0.2) is 49.5 Å². The van der Waals surface area contributed by atoms with E-state index in [0.29, 0.717) is 11.3 Å². The Hall–Kier alpha value is -2.56. The Labute approximate surface area is 121 Å². The molecule has 0 aliphatic rings. The normalized spacial score (nSPS) is 11.3. The Bertz CT molecular complexity index is 684. The second-order valence-corrected chi connectivity index (χ2v) is 4.25. The summed E-state index contributed by atoms with van der Waals surface area (Å²) in [5.41, 5.74) is 1.76. The minimum absolute atomic E-state index is 0.0665. The van der Waals surface area contributed by atoms with Gasteiger partial charge in [-0.1, -0.05) is 18.7 Å². The third-order valence-corrected chi connectivity index (χ3v) is 2.78. The monoisotopic (exact) mass is 288 g/mol. The summed E-state index contributed by atoms with van der Waals surface area (Å²) < 4.78 is 32.0. The van der Waals surface area contributed by atoms with E-state index in [-0.39, 0.29) is 12.4 Å². The molecule has 0 radical (unpaired) electrons. The molecule has 2 aromatic rings. The van der Waals surface area contributed by atoms with Crippen LogP contribution in [0.4, 0.5) is 8.78 Å². The number of halogens is 2. The number of hydrogen-bond donors (Lipinski definition) is 0. The first-order valence-electron chi connectivity index (χ1n) is 6.31. The summed E-state index contributed by atoms with van der Waals surface area (Å²) in [7, 11) is 0. The van der Waals surface area contributed by atoms with Gasteiger partial charge in [-0.2, -0.15) is 0 Å². The number of nitrogens with zero attached hydrogens (tertiary/aromatic N) is 2. The summed E-state index contributed by atoms with van der Waals surface area (Å²) in [4.78, 5) is 7.75. The van der Waals surface area contributed by atoms with Gasteiger partial charge in [0.15, 0.2) is 0 Å². The van der Waals surface area contributed by atoms with E-state index in [0.717, 1.165) is 18.0 Å². The predicted molar refractivity (Wildman–Crippen MR) is 76.6 cm³/mol. The summed E-state index contributed by atoms with van der Waals surface area (Å²) in [5, 5.41) is 0. The van der Waals surface area contributed by atoms with Gasteiger partial charge in [0.1, 0.15) is 29.7 Å². The van der Waals surface area contributed by atoms with Gasteiger partial charge < -0.3 is 4.74 Å². The Kier molecular flexibility index (Phi) is 4.77. The molecule has 0 amide bonds. The zero-order valence-corrected chi connectivity index (χ0v) is 11.5. The molecule has 0 N–H and O–H groups in total. The van der Waals surface area contributed by atoms with Crippen LogP contribution in [0, 0.1) is 11.6 Å². The number of hydrogen-bond acceptors (Lipinski definition) is 3. The lowest BCUT2D eigenvalue weighted by molar-refractivity contribution is 0.301. The summed E-state index contributed by atoms with van der Waals surface area (Å²) in [5.74, 6) is -0.688. The number of ether oxygens (including phenoxy) is 1. The lowest BCUT2D eigenvalue weighted by Gasteiger charge is -2.11. The van der Waals surface area contributed by atoms with Crippen LogP contribution in [0.1, 0.15) is 18.2 Å². The van der Waals surface area contributed by atoms with E-state index in [1.807, 2.05) is 6.92 Å². The molecule has 108 valence electrons. The van der Waals surface area contributed by atoms with Crippen molar-refractivity contribution in [3.8, 4) is 5.75 Å². The van der Waals surface area contributed by atoms with Crippen LogP contribution in [-0.2, 0) is 6.61 Å². The number of pyridine rings is 2. The van der Waals surface area contributed by atoms with Gasteiger partial charge in [-0.05, 0) is 18.6 Å². The second kappa shape index (κ2) is 6.74. The lowest BCUT2D eigenvalue weighted by Crippen LogP contribution is -2.01. The van der Waals surface area contributed by atoms with Crippen LogP contribution in [-0.4, -0.2) is 9.97 Å². The van der Waals surface area contributed by atoms with E-state index in [9.17, 15) is 8.78 Å². The molecule has 0 saturated heterocycles. The predicted octanol–water partition coefficient (Wildman–Crippen LogP) is 3.92. The standard InChI is InChI=1S/C16H14F2N2O/c1-3-12(4-2)16-15(6-14(18)9-20-16)21-10-11-5-13(17)8-19-7-11/h3-9H,1,10H2,2H3/b12-4-.